The number of hydrogen-bond acceptors (Lipinski definition) is 3. The first-order chi connectivity index (χ1) is 14.7. The van der Waals surface area contributed by atoms with Gasteiger partial charge in [0.05, 0.1) is 5.69 Å². The second-order valence-corrected chi connectivity index (χ2v) is 9.08. The smallest absolute Gasteiger partial charge is 0.270 e. The van der Waals surface area contributed by atoms with Gasteiger partial charge in [-0.3, -0.25) is 4.79 Å². The molecule has 3 aliphatic rings. The fourth-order valence-electron chi connectivity index (χ4n) is 5.38. The van der Waals surface area contributed by atoms with Gasteiger partial charge >= 0.3 is 0 Å². The van der Waals surface area contributed by atoms with Crippen LogP contribution in [0.15, 0.2) is 54.9 Å². The maximum absolute atomic E-state index is 13.4. The molecule has 1 aromatic carbocycles. The summed E-state index contributed by atoms with van der Waals surface area (Å²) in [7, 11) is 0. The minimum atomic E-state index is -0.0350. The van der Waals surface area contributed by atoms with E-state index in [4.69, 9.17) is 4.98 Å². The average Bonchev–Trinajstić information content (AvgIpc) is 3.43. The van der Waals surface area contributed by atoms with E-state index in [0.717, 1.165) is 55.9 Å². The summed E-state index contributed by atoms with van der Waals surface area (Å²) in [6.45, 7) is 1.60. The van der Waals surface area contributed by atoms with Gasteiger partial charge in [-0.15, -0.1) is 0 Å². The molecule has 5 heteroatoms. The molecule has 152 valence electrons. The molecule has 0 radical (unpaired) electrons. The van der Waals surface area contributed by atoms with E-state index in [-0.39, 0.29) is 11.3 Å². The van der Waals surface area contributed by atoms with E-state index in [1.54, 1.807) is 0 Å². The summed E-state index contributed by atoms with van der Waals surface area (Å²) in [5.74, 6) is 0.971. The molecule has 1 saturated carbocycles. The molecule has 30 heavy (non-hydrogen) atoms. The zero-order chi connectivity index (χ0) is 20.1. The van der Waals surface area contributed by atoms with E-state index in [9.17, 15) is 4.79 Å². The van der Waals surface area contributed by atoms with Gasteiger partial charge in [0, 0.05) is 42.5 Å². The van der Waals surface area contributed by atoms with Gasteiger partial charge in [0.2, 0.25) is 0 Å². The number of hydrogen-bond donors (Lipinski definition) is 0. The summed E-state index contributed by atoms with van der Waals surface area (Å²) < 4.78 is 2.18. The van der Waals surface area contributed by atoms with E-state index in [1.807, 2.05) is 36.5 Å². The summed E-state index contributed by atoms with van der Waals surface area (Å²) in [5, 5.41) is 0. The van der Waals surface area contributed by atoms with Crippen molar-refractivity contribution in [2.75, 3.05) is 13.1 Å². The van der Waals surface area contributed by atoms with Gasteiger partial charge in [-0.25, -0.2) is 9.97 Å². The lowest BCUT2D eigenvalue weighted by Crippen LogP contribution is -2.48. The highest BCUT2D eigenvalue weighted by Gasteiger charge is 2.45. The molecule has 2 aliphatic carbocycles. The predicted octanol–water partition coefficient (Wildman–Crippen LogP) is 4.40. The third-order valence-electron chi connectivity index (χ3n) is 7.07. The van der Waals surface area contributed by atoms with E-state index in [2.05, 4.69) is 32.8 Å². The zero-order valence-corrected chi connectivity index (χ0v) is 17.1. The third-order valence-corrected chi connectivity index (χ3v) is 7.07. The first-order valence-electron chi connectivity index (χ1n) is 11.1. The molecule has 0 bridgehead atoms. The molecule has 1 saturated heterocycles. The minimum absolute atomic E-state index is 0.0350. The van der Waals surface area contributed by atoms with Crippen molar-refractivity contribution in [1.29, 1.82) is 0 Å². The molecule has 0 N–H and O–H groups in total. The number of amides is 1. The van der Waals surface area contributed by atoms with Crippen LogP contribution >= 0.6 is 0 Å². The number of carbonyl (C=O) groups is 1. The quantitative estimate of drug-likeness (QED) is 0.657. The number of piperidine rings is 1. The highest BCUT2D eigenvalue weighted by molar-refractivity contribution is 5.93. The van der Waals surface area contributed by atoms with Crippen LogP contribution in [0.25, 0.3) is 11.4 Å². The predicted molar refractivity (Wildman–Crippen MR) is 115 cm³/mol. The molecule has 1 unspecified atom stereocenters. The van der Waals surface area contributed by atoms with E-state index in [0.29, 0.717) is 6.04 Å². The number of aromatic nitrogens is 3. The molecule has 5 nitrogen and oxygen atoms in total. The molecular weight excluding hydrogens is 372 g/mol. The van der Waals surface area contributed by atoms with Gasteiger partial charge in [-0.2, -0.15) is 0 Å². The second-order valence-electron chi connectivity index (χ2n) is 9.08. The fraction of sp³-hybridized carbons (Fsp3) is 0.400. The Bertz CT molecular complexity index is 1100. The number of rotatable bonds is 3. The molecule has 1 amide bonds. The maximum Gasteiger partial charge on any atom is 0.270 e. The molecule has 1 atom stereocenters. The van der Waals surface area contributed by atoms with Gasteiger partial charge in [-0.1, -0.05) is 30.3 Å². The number of fused-ring (bicyclic) bond motifs is 2. The lowest BCUT2D eigenvalue weighted by Gasteiger charge is -2.40. The van der Waals surface area contributed by atoms with Crippen LogP contribution in [-0.2, 0) is 11.8 Å². The summed E-state index contributed by atoms with van der Waals surface area (Å²) in [6, 6.07) is 14.7. The molecule has 3 heterocycles. The fourth-order valence-corrected chi connectivity index (χ4v) is 5.38. The molecule has 2 fully saturated rings. The number of likely N-dealkylation sites (tertiary alicyclic amines) is 1. The van der Waals surface area contributed by atoms with Gasteiger partial charge in [0.15, 0.2) is 5.82 Å². The molecule has 6 rings (SSSR count). The van der Waals surface area contributed by atoms with E-state index >= 15 is 0 Å². The first-order valence-corrected chi connectivity index (χ1v) is 11.1. The third kappa shape index (κ3) is 2.87. The monoisotopic (exact) mass is 398 g/mol. The van der Waals surface area contributed by atoms with Crippen molar-refractivity contribution in [1.82, 2.24) is 19.4 Å². The summed E-state index contributed by atoms with van der Waals surface area (Å²) >= 11 is 0. The normalized spacial score (nSPS) is 23.0. The molecule has 2 aromatic heterocycles. The average molecular weight is 399 g/mol. The first kappa shape index (κ1) is 17.9. The summed E-state index contributed by atoms with van der Waals surface area (Å²) in [4.78, 5) is 25.2. The van der Waals surface area contributed by atoms with Gasteiger partial charge in [0.1, 0.15) is 5.69 Å². The van der Waals surface area contributed by atoms with Gasteiger partial charge in [0.25, 0.3) is 5.91 Å². The SMILES string of the molecule is O=C(c1cccn1C1CC1)N1CCCC2(CCc3cnc(-c4ccccc4)nc32)C1. The molecule has 3 aromatic rings. The van der Waals surface area contributed by atoms with Gasteiger partial charge < -0.3 is 9.47 Å². The summed E-state index contributed by atoms with van der Waals surface area (Å²) in [6.07, 6.45) is 10.6. The largest absolute Gasteiger partial charge is 0.340 e. The van der Waals surface area contributed by atoms with Crippen LogP contribution in [0, 0.1) is 0 Å². The number of benzene rings is 1. The highest BCUT2D eigenvalue weighted by Crippen LogP contribution is 2.45. The highest BCUT2D eigenvalue weighted by atomic mass is 16.2. The Labute approximate surface area is 176 Å². The minimum Gasteiger partial charge on any atom is -0.340 e. The van der Waals surface area contributed by atoms with Crippen LogP contribution in [-0.4, -0.2) is 38.4 Å². The van der Waals surface area contributed by atoms with Crippen LogP contribution < -0.4 is 0 Å². The standard InChI is InChI=1S/C25H26N4O/c30-24(21-8-4-15-29(21)20-9-10-20)28-14-5-12-25(17-28)13-11-19-16-26-23(27-22(19)25)18-6-2-1-3-7-18/h1-4,6-8,15-16,20H,5,9-14,17H2. The molecule has 1 spiro atoms. The van der Waals surface area contributed by atoms with Crippen molar-refractivity contribution < 1.29 is 4.79 Å². The Hall–Kier alpha value is -2.95. The van der Waals surface area contributed by atoms with Crippen LogP contribution in [0.4, 0.5) is 0 Å². The van der Waals surface area contributed by atoms with Crippen LogP contribution in [0.2, 0.25) is 0 Å². The topological polar surface area (TPSA) is 51.0 Å². The Morgan fingerprint density at radius 1 is 1.07 bits per heavy atom. The van der Waals surface area contributed by atoms with Crippen LogP contribution in [0.3, 0.4) is 0 Å². The number of nitrogens with zero attached hydrogens (tertiary/aromatic N) is 4. The lowest BCUT2D eigenvalue weighted by molar-refractivity contribution is 0.0622. The summed E-state index contributed by atoms with van der Waals surface area (Å²) in [5.41, 5.74) is 4.29. The molecular formula is C25H26N4O. The number of carbonyl (C=O) groups excluding carboxylic acids is 1. The maximum atomic E-state index is 13.4. The molecule has 1 aliphatic heterocycles. The van der Waals surface area contributed by atoms with Crippen LogP contribution in [0.1, 0.15) is 59.9 Å². The lowest BCUT2D eigenvalue weighted by atomic mass is 9.77. The van der Waals surface area contributed by atoms with Crippen molar-refractivity contribution in [3.8, 4) is 11.4 Å². The van der Waals surface area contributed by atoms with Crippen molar-refractivity contribution in [3.05, 3.63) is 71.8 Å². The zero-order valence-electron chi connectivity index (χ0n) is 17.1. The van der Waals surface area contributed by atoms with E-state index < -0.39 is 0 Å². The Kier molecular flexibility index (Phi) is 4.05. The van der Waals surface area contributed by atoms with Crippen molar-refractivity contribution in [3.63, 3.8) is 0 Å². The second kappa shape index (κ2) is 6.79. The van der Waals surface area contributed by atoms with E-state index in [1.165, 1.54) is 24.1 Å². The Balaban J connectivity index is 1.32. The van der Waals surface area contributed by atoms with Gasteiger partial charge in [-0.05, 0) is 56.2 Å². The van der Waals surface area contributed by atoms with Crippen molar-refractivity contribution >= 4 is 5.91 Å². The van der Waals surface area contributed by atoms with Crippen molar-refractivity contribution in [2.45, 2.75) is 50.0 Å². The van der Waals surface area contributed by atoms with Crippen molar-refractivity contribution in [2.24, 2.45) is 0 Å². The Morgan fingerprint density at radius 2 is 1.93 bits per heavy atom. The Morgan fingerprint density at radius 3 is 2.77 bits per heavy atom. The number of aryl methyl sites for hydroxylation is 1. The van der Waals surface area contributed by atoms with Crippen LogP contribution in [0.5, 0.6) is 0 Å².